The Balaban J connectivity index is 1.41. The zero-order valence-corrected chi connectivity index (χ0v) is 15.4. The molecule has 0 aromatic carbocycles. The molecule has 27 heavy (non-hydrogen) atoms. The van der Waals surface area contributed by atoms with Crippen molar-refractivity contribution in [3.05, 3.63) is 0 Å². The second kappa shape index (κ2) is 8.67. The average Bonchev–Trinajstić information content (AvgIpc) is 3.44. The zero-order chi connectivity index (χ0) is 19.4. The van der Waals surface area contributed by atoms with Crippen molar-refractivity contribution in [1.29, 1.82) is 0 Å². The lowest BCUT2D eigenvalue weighted by atomic mass is 9.98. The molecule has 1 saturated carbocycles. The lowest BCUT2D eigenvalue weighted by Crippen LogP contribution is -2.54. The van der Waals surface area contributed by atoms with E-state index < -0.39 is 18.5 Å². The molecule has 2 atom stereocenters. The standard InChI is InChI=1S/C18H28F3N3O3/c19-18(20,21)11-15(25)24-8-6-13(7-9-24)22-17(26)23-16(12-4-5-12)14-3-1-2-10-27-14/h12-14,16H,1-11H2,(H2,22,23,26). The molecule has 1 aliphatic carbocycles. The second-order valence-electron chi connectivity index (χ2n) is 7.83. The molecule has 0 bridgehead atoms. The smallest absolute Gasteiger partial charge is 0.376 e. The fourth-order valence-corrected chi connectivity index (χ4v) is 3.95. The van der Waals surface area contributed by atoms with Gasteiger partial charge in [0.25, 0.3) is 0 Å². The molecule has 0 aromatic heterocycles. The van der Waals surface area contributed by atoms with E-state index in [0.29, 0.717) is 18.8 Å². The third-order valence-electron chi connectivity index (χ3n) is 5.58. The third kappa shape index (κ3) is 6.26. The Morgan fingerprint density at radius 3 is 2.33 bits per heavy atom. The maximum atomic E-state index is 12.4. The summed E-state index contributed by atoms with van der Waals surface area (Å²) in [5.41, 5.74) is 0. The largest absolute Gasteiger partial charge is 0.397 e. The van der Waals surface area contributed by atoms with Crippen LogP contribution in [0.5, 0.6) is 0 Å². The topological polar surface area (TPSA) is 70.7 Å². The minimum atomic E-state index is -4.48. The van der Waals surface area contributed by atoms with Gasteiger partial charge in [0.1, 0.15) is 6.42 Å². The first kappa shape index (κ1) is 20.2. The molecular formula is C18H28F3N3O3. The molecule has 6 nitrogen and oxygen atoms in total. The van der Waals surface area contributed by atoms with Gasteiger partial charge in [0, 0.05) is 25.7 Å². The molecule has 2 aliphatic heterocycles. The fraction of sp³-hybridized carbons (Fsp3) is 0.889. The zero-order valence-electron chi connectivity index (χ0n) is 15.4. The molecule has 2 saturated heterocycles. The van der Waals surface area contributed by atoms with Crippen molar-refractivity contribution in [1.82, 2.24) is 15.5 Å². The summed E-state index contributed by atoms with van der Waals surface area (Å²) in [7, 11) is 0. The van der Waals surface area contributed by atoms with Crippen LogP contribution in [0.3, 0.4) is 0 Å². The van der Waals surface area contributed by atoms with Crippen LogP contribution in [0, 0.1) is 5.92 Å². The summed E-state index contributed by atoms with van der Waals surface area (Å²) in [6.45, 7) is 1.21. The number of amides is 3. The SMILES string of the molecule is O=C(NC1CCN(C(=O)CC(F)(F)F)CC1)NC(C1CC1)C1CCCCO1. The number of carbonyl (C=O) groups is 2. The van der Waals surface area contributed by atoms with Crippen LogP contribution in [0.2, 0.25) is 0 Å². The van der Waals surface area contributed by atoms with Gasteiger partial charge in [-0.3, -0.25) is 4.79 Å². The number of nitrogens with zero attached hydrogens (tertiary/aromatic N) is 1. The predicted octanol–water partition coefficient (Wildman–Crippen LogP) is 2.58. The van der Waals surface area contributed by atoms with E-state index in [-0.39, 0.29) is 37.3 Å². The normalized spacial score (nSPS) is 25.7. The summed E-state index contributed by atoms with van der Waals surface area (Å²) in [5, 5.41) is 5.97. The van der Waals surface area contributed by atoms with E-state index in [2.05, 4.69) is 10.6 Å². The quantitative estimate of drug-likeness (QED) is 0.757. The summed E-state index contributed by atoms with van der Waals surface area (Å²) in [5.74, 6) is -0.422. The summed E-state index contributed by atoms with van der Waals surface area (Å²) in [6.07, 6.45) is 0.430. The van der Waals surface area contributed by atoms with Crippen LogP contribution >= 0.6 is 0 Å². The van der Waals surface area contributed by atoms with Crippen molar-refractivity contribution in [3.8, 4) is 0 Å². The van der Waals surface area contributed by atoms with E-state index in [1.54, 1.807) is 0 Å². The number of hydrogen-bond donors (Lipinski definition) is 2. The lowest BCUT2D eigenvalue weighted by Gasteiger charge is -2.34. The maximum absolute atomic E-state index is 12.4. The number of nitrogens with one attached hydrogen (secondary N) is 2. The van der Waals surface area contributed by atoms with Gasteiger partial charge in [0.05, 0.1) is 12.1 Å². The molecule has 3 fully saturated rings. The van der Waals surface area contributed by atoms with Gasteiger partial charge in [-0.15, -0.1) is 0 Å². The fourth-order valence-electron chi connectivity index (χ4n) is 3.95. The highest BCUT2D eigenvalue weighted by molar-refractivity contribution is 5.77. The number of urea groups is 1. The molecule has 2 unspecified atom stereocenters. The highest BCUT2D eigenvalue weighted by Crippen LogP contribution is 2.36. The van der Waals surface area contributed by atoms with Gasteiger partial charge in [0.2, 0.25) is 5.91 Å². The first-order valence-corrected chi connectivity index (χ1v) is 9.85. The number of rotatable bonds is 5. The van der Waals surface area contributed by atoms with E-state index in [0.717, 1.165) is 38.7 Å². The Labute approximate surface area is 157 Å². The number of alkyl halides is 3. The first-order valence-electron chi connectivity index (χ1n) is 9.85. The van der Waals surface area contributed by atoms with Crippen LogP contribution in [-0.2, 0) is 9.53 Å². The van der Waals surface area contributed by atoms with Crippen molar-refractivity contribution in [2.24, 2.45) is 5.92 Å². The van der Waals surface area contributed by atoms with Crippen LogP contribution in [0.15, 0.2) is 0 Å². The lowest BCUT2D eigenvalue weighted by molar-refractivity contribution is -0.162. The van der Waals surface area contributed by atoms with Gasteiger partial charge in [0.15, 0.2) is 0 Å². The summed E-state index contributed by atoms with van der Waals surface area (Å²) >= 11 is 0. The molecule has 3 rings (SSSR count). The Morgan fingerprint density at radius 1 is 1.07 bits per heavy atom. The van der Waals surface area contributed by atoms with Crippen molar-refractivity contribution < 1.29 is 27.5 Å². The van der Waals surface area contributed by atoms with E-state index in [1.165, 1.54) is 4.90 Å². The number of halogens is 3. The molecule has 3 amide bonds. The minimum absolute atomic E-state index is 0.0266. The molecule has 9 heteroatoms. The Hall–Kier alpha value is -1.51. The van der Waals surface area contributed by atoms with Crippen LogP contribution in [0.25, 0.3) is 0 Å². The summed E-state index contributed by atoms with van der Waals surface area (Å²) < 4.78 is 42.8. The Kier molecular flexibility index (Phi) is 6.49. The predicted molar refractivity (Wildman–Crippen MR) is 92.0 cm³/mol. The van der Waals surface area contributed by atoms with Crippen LogP contribution in [-0.4, -0.2) is 60.9 Å². The second-order valence-corrected chi connectivity index (χ2v) is 7.83. The molecule has 0 radical (unpaired) electrons. The van der Waals surface area contributed by atoms with Gasteiger partial charge in [-0.2, -0.15) is 13.2 Å². The molecule has 2 N–H and O–H groups in total. The van der Waals surface area contributed by atoms with Gasteiger partial charge < -0.3 is 20.3 Å². The number of ether oxygens (including phenoxy) is 1. The number of hydrogen-bond acceptors (Lipinski definition) is 3. The van der Waals surface area contributed by atoms with Crippen molar-refractivity contribution >= 4 is 11.9 Å². The van der Waals surface area contributed by atoms with Gasteiger partial charge in [-0.1, -0.05) is 0 Å². The van der Waals surface area contributed by atoms with Crippen molar-refractivity contribution in [2.75, 3.05) is 19.7 Å². The van der Waals surface area contributed by atoms with E-state index >= 15 is 0 Å². The van der Waals surface area contributed by atoms with Gasteiger partial charge in [-0.05, 0) is 50.9 Å². The van der Waals surface area contributed by atoms with Crippen LogP contribution in [0.1, 0.15) is 51.4 Å². The Bertz CT molecular complexity index is 526. The monoisotopic (exact) mass is 391 g/mol. The van der Waals surface area contributed by atoms with Gasteiger partial charge in [-0.25, -0.2) is 4.79 Å². The van der Waals surface area contributed by atoms with Crippen molar-refractivity contribution in [3.63, 3.8) is 0 Å². The summed E-state index contributed by atoms with van der Waals surface area (Å²) in [4.78, 5) is 25.3. The minimum Gasteiger partial charge on any atom is -0.376 e. The number of likely N-dealkylation sites (tertiary alicyclic amines) is 1. The highest BCUT2D eigenvalue weighted by Gasteiger charge is 2.39. The Morgan fingerprint density at radius 2 is 1.78 bits per heavy atom. The maximum Gasteiger partial charge on any atom is 0.397 e. The summed E-state index contributed by atoms with van der Waals surface area (Å²) in [6, 6.07) is -0.355. The molecule has 0 aromatic rings. The van der Waals surface area contributed by atoms with E-state index in [9.17, 15) is 22.8 Å². The third-order valence-corrected chi connectivity index (χ3v) is 5.58. The molecular weight excluding hydrogens is 363 g/mol. The van der Waals surface area contributed by atoms with Crippen molar-refractivity contribution in [2.45, 2.75) is 75.7 Å². The average molecular weight is 391 g/mol. The number of piperidine rings is 1. The molecule has 3 aliphatic rings. The molecule has 154 valence electrons. The highest BCUT2D eigenvalue weighted by atomic mass is 19.4. The van der Waals surface area contributed by atoms with E-state index in [4.69, 9.17) is 4.74 Å². The van der Waals surface area contributed by atoms with Crippen LogP contribution < -0.4 is 10.6 Å². The first-order chi connectivity index (χ1) is 12.8. The molecule has 0 spiro atoms. The number of carbonyl (C=O) groups excluding carboxylic acids is 2. The molecule has 2 heterocycles. The van der Waals surface area contributed by atoms with Crippen LogP contribution in [0.4, 0.5) is 18.0 Å². The van der Waals surface area contributed by atoms with Gasteiger partial charge >= 0.3 is 12.2 Å². The van der Waals surface area contributed by atoms with E-state index in [1.807, 2.05) is 0 Å².